The number of halogens is 1. The molecule has 1 atom stereocenters. The van der Waals surface area contributed by atoms with Crippen molar-refractivity contribution in [2.24, 2.45) is 0 Å². The van der Waals surface area contributed by atoms with Gasteiger partial charge in [-0.15, -0.1) is 11.6 Å². The van der Waals surface area contributed by atoms with Gasteiger partial charge >= 0.3 is 0 Å². The van der Waals surface area contributed by atoms with Gasteiger partial charge in [-0.25, -0.2) is 0 Å². The van der Waals surface area contributed by atoms with Crippen LogP contribution in [0.2, 0.25) is 0 Å². The van der Waals surface area contributed by atoms with Crippen molar-refractivity contribution in [3.05, 3.63) is 30.1 Å². The minimum absolute atomic E-state index is 0.0443. The molecular weight excluding hydrogens is 174 g/mol. The van der Waals surface area contributed by atoms with Crippen molar-refractivity contribution in [3.8, 4) is 0 Å². The first-order chi connectivity index (χ1) is 5.75. The highest BCUT2D eigenvalue weighted by Crippen LogP contribution is 2.21. The lowest BCUT2D eigenvalue weighted by atomic mass is 10.1. The lowest BCUT2D eigenvalue weighted by Gasteiger charge is -2.05. The number of carbonyl (C=O) groups is 1. The van der Waals surface area contributed by atoms with E-state index in [1.807, 2.05) is 0 Å². The van der Waals surface area contributed by atoms with E-state index >= 15 is 0 Å². The molecule has 0 aliphatic rings. The Labute approximate surface area is 76.6 Å². The molecule has 0 fully saturated rings. The summed E-state index contributed by atoms with van der Waals surface area (Å²) in [7, 11) is 0. The summed E-state index contributed by atoms with van der Waals surface area (Å²) in [5.74, 6) is 0.0443. The van der Waals surface area contributed by atoms with Gasteiger partial charge in [0.25, 0.3) is 0 Å². The topological polar surface area (TPSA) is 30.0 Å². The third-order valence-corrected chi connectivity index (χ3v) is 2.13. The summed E-state index contributed by atoms with van der Waals surface area (Å²) >= 11 is 5.88. The summed E-state index contributed by atoms with van der Waals surface area (Å²) in [6.45, 7) is 1.80. The number of nitrogens with zero attached hydrogens (tertiary/aromatic N) is 1. The summed E-state index contributed by atoms with van der Waals surface area (Å²) in [5.41, 5.74) is 0.818. The van der Waals surface area contributed by atoms with E-state index in [9.17, 15) is 4.79 Å². The van der Waals surface area contributed by atoms with Gasteiger partial charge in [0.2, 0.25) is 0 Å². The highest BCUT2D eigenvalue weighted by atomic mass is 35.5. The van der Waals surface area contributed by atoms with Crippen molar-refractivity contribution in [2.45, 2.75) is 18.7 Å². The zero-order valence-electron chi connectivity index (χ0n) is 6.83. The lowest BCUT2D eigenvalue weighted by Crippen LogP contribution is -2.04. The molecule has 1 heterocycles. The number of Topliss-reactive ketones (excluding diaryl/α,β-unsaturated/α-hetero) is 1. The van der Waals surface area contributed by atoms with Crippen molar-refractivity contribution in [1.82, 2.24) is 4.98 Å². The summed E-state index contributed by atoms with van der Waals surface area (Å²) < 4.78 is 0. The Balaban J connectivity index is 2.78. The average molecular weight is 184 g/mol. The normalized spacial score (nSPS) is 12.5. The van der Waals surface area contributed by atoms with Gasteiger partial charge in [0.1, 0.15) is 5.38 Å². The fraction of sp³-hybridized carbons (Fsp3) is 0.333. The predicted octanol–water partition coefficient (Wildman–Crippen LogP) is 2.34. The summed E-state index contributed by atoms with van der Waals surface area (Å²) in [5, 5.41) is -0.516. The van der Waals surface area contributed by atoms with Crippen molar-refractivity contribution in [1.29, 1.82) is 0 Å². The minimum Gasteiger partial charge on any atom is -0.298 e. The molecule has 0 saturated carbocycles. The van der Waals surface area contributed by atoms with Crippen LogP contribution in [-0.4, -0.2) is 10.8 Å². The van der Waals surface area contributed by atoms with Gasteiger partial charge < -0.3 is 0 Å². The second kappa shape index (κ2) is 4.21. The van der Waals surface area contributed by atoms with Gasteiger partial charge in [-0.1, -0.05) is 6.92 Å². The van der Waals surface area contributed by atoms with E-state index in [4.69, 9.17) is 11.6 Å². The average Bonchev–Trinajstić information content (AvgIpc) is 2.17. The largest absolute Gasteiger partial charge is 0.298 e. The van der Waals surface area contributed by atoms with E-state index in [2.05, 4.69) is 4.98 Å². The van der Waals surface area contributed by atoms with Gasteiger partial charge in [0.05, 0.1) is 0 Å². The first-order valence-corrected chi connectivity index (χ1v) is 4.26. The molecule has 2 nitrogen and oxygen atoms in total. The molecule has 1 aromatic heterocycles. The predicted molar refractivity (Wildman–Crippen MR) is 48.1 cm³/mol. The number of ketones is 1. The molecule has 0 amide bonds. The smallest absolute Gasteiger partial charge is 0.154 e. The van der Waals surface area contributed by atoms with E-state index < -0.39 is 5.38 Å². The zero-order valence-corrected chi connectivity index (χ0v) is 7.58. The molecule has 1 rings (SSSR count). The van der Waals surface area contributed by atoms with Crippen LogP contribution in [0.25, 0.3) is 0 Å². The maximum atomic E-state index is 11.2. The molecule has 64 valence electrons. The van der Waals surface area contributed by atoms with E-state index in [1.165, 1.54) is 0 Å². The SMILES string of the molecule is CCC(=O)C(Cl)c1ccncc1. The maximum Gasteiger partial charge on any atom is 0.154 e. The maximum absolute atomic E-state index is 11.2. The van der Waals surface area contributed by atoms with E-state index in [-0.39, 0.29) is 5.78 Å². The van der Waals surface area contributed by atoms with Crippen molar-refractivity contribution in [2.75, 3.05) is 0 Å². The number of pyridine rings is 1. The van der Waals surface area contributed by atoms with Gasteiger partial charge in [-0.3, -0.25) is 9.78 Å². The third-order valence-electron chi connectivity index (χ3n) is 1.63. The summed E-state index contributed by atoms with van der Waals surface area (Å²) in [6, 6.07) is 3.51. The van der Waals surface area contributed by atoms with Gasteiger partial charge in [0, 0.05) is 18.8 Å². The Bertz CT molecular complexity index is 260. The second-order valence-electron chi connectivity index (χ2n) is 2.46. The molecule has 0 bridgehead atoms. The number of hydrogen-bond acceptors (Lipinski definition) is 2. The molecule has 0 spiro atoms. The van der Waals surface area contributed by atoms with Crippen molar-refractivity contribution >= 4 is 17.4 Å². The lowest BCUT2D eigenvalue weighted by molar-refractivity contribution is -0.118. The molecule has 0 radical (unpaired) electrons. The Morgan fingerprint density at radius 3 is 2.67 bits per heavy atom. The molecule has 1 unspecified atom stereocenters. The molecular formula is C9H10ClNO. The summed E-state index contributed by atoms with van der Waals surface area (Å²) in [4.78, 5) is 15.0. The molecule has 0 saturated heterocycles. The Hall–Kier alpha value is -0.890. The second-order valence-corrected chi connectivity index (χ2v) is 2.90. The molecule has 0 aliphatic carbocycles. The van der Waals surface area contributed by atoms with Gasteiger partial charge in [-0.2, -0.15) is 0 Å². The Morgan fingerprint density at radius 2 is 2.17 bits per heavy atom. The first-order valence-electron chi connectivity index (χ1n) is 3.82. The molecule has 3 heteroatoms. The monoisotopic (exact) mass is 183 g/mol. The summed E-state index contributed by atoms with van der Waals surface area (Å²) in [6.07, 6.45) is 3.73. The minimum atomic E-state index is -0.516. The van der Waals surface area contributed by atoms with Crippen LogP contribution < -0.4 is 0 Å². The number of alkyl halides is 1. The molecule has 1 aromatic rings. The van der Waals surface area contributed by atoms with Crippen molar-refractivity contribution < 1.29 is 4.79 Å². The van der Waals surface area contributed by atoms with Crippen LogP contribution in [0.3, 0.4) is 0 Å². The molecule has 0 aromatic carbocycles. The first kappa shape index (κ1) is 9.20. The van der Waals surface area contributed by atoms with E-state index in [0.717, 1.165) is 5.56 Å². The van der Waals surface area contributed by atoms with Crippen LogP contribution in [0.1, 0.15) is 24.3 Å². The molecule has 12 heavy (non-hydrogen) atoms. The van der Waals surface area contributed by atoms with Crippen LogP contribution in [0.15, 0.2) is 24.5 Å². The Kier molecular flexibility index (Phi) is 3.23. The molecule has 0 aliphatic heterocycles. The van der Waals surface area contributed by atoms with Crippen LogP contribution in [0.5, 0.6) is 0 Å². The zero-order chi connectivity index (χ0) is 8.97. The fourth-order valence-corrected chi connectivity index (χ4v) is 1.20. The third kappa shape index (κ3) is 2.05. The highest BCUT2D eigenvalue weighted by Gasteiger charge is 2.14. The van der Waals surface area contributed by atoms with Crippen LogP contribution in [-0.2, 0) is 4.79 Å². The van der Waals surface area contributed by atoms with Gasteiger partial charge in [-0.05, 0) is 17.7 Å². The number of rotatable bonds is 3. The highest BCUT2D eigenvalue weighted by molar-refractivity contribution is 6.31. The standard InChI is InChI=1S/C9H10ClNO/c1-2-8(12)9(10)7-3-5-11-6-4-7/h3-6,9H,2H2,1H3. The van der Waals surface area contributed by atoms with E-state index in [0.29, 0.717) is 6.42 Å². The van der Waals surface area contributed by atoms with E-state index in [1.54, 1.807) is 31.5 Å². The molecule has 0 N–H and O–H groups in total. The van der Waals surface area contributed by atoms with Crippen molar-refractivity contribution in [3.63, 3.8) is 0 Å². The number of carbonyl (C=O) groups excluding carboxylic acids is 1. The fourth-order valence-electron chi connectivity index (χ4n) is 0.898. The van der Waals surface area contributed by atoms with Crippen LogP contribution in [0, 0.1) is 0 Å². The number of hydrogen-bond donors (Lipinski definition) is 0. The van der Waals surface area contributed by atoms with Crippen LogP contribution >= 0.6 is 11.6 Å². The Morgan fingerprint density at radius 1 is 1.58 bits per heavy atom. The number of aromatic nitrogens is 1. The van der Waals surface area contributed by atoms with Crippen LogP contribution in [0.4, 0.5) is 0 Å². The van der Waals surface area contributed by atoms with Gasteiger partial charge in [0.15, 0.2) is 5.78 Å². The quantitative estimate of drug-likeness (QED) is 0.674.